The third kappa shape index (κ3) is 3.52. The first-order chi connectivity index (χ1) is 9.61. The van der Waals surface area contributed by atoms with Gasteiger partial charge in [0.15, 0.2) is 0 Å². The van der Waals surface area contributed by atoms with Crippen molar-refractivity contribution in [1.82, 2.24) is 15.0 Å². The van der Waals surface area contributed by atoms with Crippen molar-refractivity contribution in [2.24, 2.45) is 0 Å². The molecule has 2 heterocycles. The first kappa shape index (κ1) is 16.2. The van der Waals surface area contributed by atoms with E-state index in [0.29, 0.717) is 5.15 Å². The molecule has 0 atom stereocenters. The topological polar surface area (TPSA) is 50.7 Å². The number of thiazole rings is 1. The quantitative estimate of drug-likeness (QED) is 0.842. The summed E-state index contributed by atoms with van der Waals surface area (Å²) in [4.78, 5) is 13.5. The number of aromatic nitrogens is 3. The van der Waals surface area contributed by atoms with Crippen LogP contribution in [0.25, 0.3) is 0 Å². The van der Waals surface area contributed by atoms with Crippen LogP contribution in [0.2, 0.25) is 5.15 Å². The van der Waals surface area contributed by atoms with E-state index in [0.717, 1.165) is 22.2 Å². The highest BCUT2D eigenvalue weighted by Gasteiger charge is 2.27. The van der Waals surface area contributed by atoms with E-state index in [4.69, 9.17) is 11.6 Å². The Morgan fingerprint density at radius 3 is 2.33 bits per heavy atom. The van der Waals surface area contributed by atoms with Gasteiger partial charge in [-0.3, -0.25) is 0 Å². The molecule has 0 spiro atoms. The van der Waals surface area contributed by atoms with Gasteiger partial charge in [0.2, 0.25) is 0 Å². The molecule has 0 aliphatic heterocycles. The van der Waals surface area contributed by atoms with Gasteiger partial charge in [0, 0.05) is 22.6 Å². The second-order valence-electron chi connectivity index (χ2n) is 6.65. The molecule has 114 valence electrons. The first-order valence-corrected chi connectivity index (χ1v) is 8.10. The third-order valence-electron chi connectivity index (χ3n) is 3.16. The molecule has 0 bridgehead atoms. The summed E-state index contributed by atoms with van der Waals surface area (Å²) in [6.07, 6.45) is 1.81. The fourth-order valence-corrected chi connectivity index (χ4v) is 2.72. The number of hydrogen-bond acceptors (Lipinski definition) is 5. The van der Waals surface area contributed by atoms with E-state index < -0.39 is 0 Å². The van der Waals surface area contributed by atoms with Gasteiger partial charge in [-0.2, -0.15) is 0 Å². The lowest BCUT2D eigenvalue weighted by Gasteiger charge is -2.27. The minimum Gasteiger partial charge on any atom is -0.358 e. The summed E-state index contributed by atoms with van der Waals surface area (Å²) in [5, 5.41) is 6.93. The van der Waals surface area contributed by atoms with E-state index in [9.17, 15) is 0 Å². The molecule has 0 saturated heterocycles. The molecule has 0 aromatic carbocycles. The second-order valence-corrected chi connectivity index (χ2v) is 7.90. The van der Waals surface area contributed by atoms with Crippen molar-refractivity contribution in [3.05, 3.63) is 33.1 Å². The Kier molecular flexibility index (Phi) is 4.26. The predicted molar refractivity (Wildman–Crippen MR) is 89.2 cm³/mol. The summed E-state index contributed by atoms with van der Waals surface area (Å²) in [5.41, 5.74) is 0.388. The molecule has 0 saturated carbocycles. The number of anilines is 1. The average molecular weight is 325 g/mol. The van der Waals surface area contributed by atoms with Crippen molar-refractivity contribution in [2.75, 3.05) is 5.32 Å². The van der Waals surface area contributed by atoms with Crippen LogP contribution in [0.1, 0.15) is 51.0 Å². The second kappa shape index (κ2) is 5.54. The maximum absolute atomic E-state index is 6.27. The van der Waals surface area contributed by atoms with Gasteiger partial charge in [-0.15, -0.1) is 11.3 Å². The fourth-order valence-electron chi connectivity index (χ4n) is 1.83. The van der Waals surface area contributed by atoms with Crippen LogP contribution in [0, 0.1) is 6.92 Å². The molecule has 2 aromatic rings. The van der Waals surface area contributed by atoms with Crippen molar-refractivity contribution in [1.29, 1.82) is 0 Å². The highest BCUT2D eigenvalue weighted by molar-refractivity contribution is 7.09. The van der Waals surface area contributed by atoms with E-state index in [-0.39, 0.29) is 11.0 Å². The molecule has 21 heavy (non-hydrogen) atoms. The monoisotopic (exact) mass is 324 g/mol. The van der Waals surface area contributed by atoms with Crippen LogP contribution in [0.3, 0.4) is 0 Å². The summed E-state index contributed by atoms with van der Waals surface area (Å²) in [7, 11) is 0. The molecular weight excluding hydrogens is 304 g/mol. The highest BCUT2D eigenvalue weighted by atomic mass is 35.5. The van der Waals surface area contributed by atoms with Gasteiger partial charge in [-0.1, -0.05) is 32.4 Å². The highest BCUT2D eigenvalue weighted by Crippen LogP contribution is 2.31. The zero-order chi connectivity index (χ0) is 15.8. The number of hydrogen-bond donors (Lipinski definition) is 1. The Hall–Kier alpha value is -1.20. The Morgan fingerprint density at radius 1 is 1.14 bits per heavy atom. The number of nitrogens with one attached hydrogen (secondary N) is 1. The molecule has 0 radical (unpaired) electrons. The molecular formula is C15H21ClN4S. The largest absolute Gasteiger partial charge is 0.358 e. The lowest BCUT2D eigenvalue weighted by Crippen LogP contribution is -2.30. The van der Waals surface area contributed by atoms with Crippen LogP contribution in [0.15, 0.2) is 11.6 Å². The molecule has 0 fully saturated rings. The van der Waals surface area contributed by atoms with Crippen molar-refractivity contribution >= 4 is 28.8 Å². The zero-order valence-electron chi connectivity index (χ0n) is 13.3. The van der Waals surface area contributed by atoms with E-state index in [1.165, 1.54) is 0 Å². The van der Waals surface area contributed by atoms with Crippen molar-refractivity contribution in [3.63, 3.8) is 0 Å². The zero-order valence-corrected chi connectivity index (χ0v) is 14.9. The molecule has 2 aromatic heterocycles. The molecule has 0 aliphatic carbocycles. The number of halogens is 1. The summed E-state index contributed by atoms with van der Waals surface area (Å²) in [6.45, 7) is 12.3. The van der Waals surface area contributed by atoms with Crippen molar-refractivity contribution in [2.45, 2.75) is 52.5 Å². The van der Waals surface area contributed by atoms with E-state index in [2.05, 4.69) is 54.9 Å². The molecule has 0 aliphatic rings. The Balaban J connectivity index is 2.42. The summed E-state index contributed by atoms with van der Waals surface area (Å²) in [5.74, 6) is 1.50. The Morgan fingerprint density at radius 2 is 1.81 bits per heavy atom. The van der Waals surface area contributed by atoms with Crippen LogP contribution in [-0.4, -0.2) is 15.0 Å². The summed E-state index contributed by atoms with van der Waals surface area (Å²) in [6, 6.07) is 0. The maximum Gasteiger partial charge on any atom is 0.137 e. The van der Waals surface area contributed by atoms with Gasteiger partial charge in [0.1, 0.15) is 21.8 Å². The fraction of sp³-hybridized carbons (Fsp3) is 0.533. The Labute approximate surface area is 135 Å². The summed E-state index contributed by atoms with van der Waals surface area (Å²) >= 11 is 7.89. The van der Waals surface area contributed by atoms with Crippen LogP contribution < -0.4 is 5.32 Å². The molecule has 0 amide bonds. The van der Waals surface area contributed by atoms with Crippen LogP contribution >= 0.6 is 22.9 Å². The molecule has 2 rings (SSSR count). The first-order valence-electron chi connectivity index (χ1n) is 6.84. The minimum atomic E-state index is -0.314. The summed E-state index contributed by atoms with van der Waals surface area (Å²) < 4.78 is 0. The van der Waals surface area contributed by atoms with Crippen LogP contribution in [0.5, 0.6) is 0 Å². The molecule has 0 unspecified atom stereocenters. The van der Waals surface area contributed by atoms with Gasteiger partial charge in [0.25, 0.3) is 0 Å². The smallest absolute Gasteiger partial charge is 0.137 e. The Bertz CT molecular complexity index is 630. The van der Waals surface area contributed by atoms with E-state index in [1.807, 2.05) is 18.5 Å². The van der Waals surface area contributed by atoms with Gasteiger partial charge in [-0.25, -0.2) is 15.0 Å². The molecule has 4 nitrogen and oxygen atoms in total. The normalized spacial score (nSPS) is 12.5. The van der Waals surface area contributed by atoms with Gasteiger partial charge >= 0.3 is 0 Å². The van der Waals surface area contributed by atoms with Crippen molar-refractivity contribution < 1.29 is 0 Å². The number of rotatable bonds is 3. The minimum absolute atomic E-state index is 0.154. The SMILES string of the molecule is Cc1c(Cl)nc(C(C)(C)C)nc1NC(C)(C)c1nccs1. The third-order valence-corrected chi connectivity index (χ3v) is 4.62. The van der Waals surface area contributed by atoms with Gasteiger partial charge in [0.05, 0.1) is 5.54 Å². The number of nitrogens with zero attached hydrogens (tertiary/aromatic N) is 3. The predicted octanol–water partition coefficient (Wildman–Crippen LogP) is 4.54. The average Bonchev–Trinajstić information content (AvgIpc) is 2.87. The lowest BCUT2D eigenvalue weighted by molar-refractivity contribution is 0.540. The van der Waals surface area contributed by atoms with Crippen LogP contribution in [-0.2, 0) is 11.0 Å². The molecule has 6 heteroatoms. The van der Waals surface area contributed by atoms with Gasteiger partial charge in [-0.05, 0) is 20.8 Å². The molecule has 1 N–H and O–H groups in total. The standard InChI is InChI=1S/C15H21ClN4S/c1-9-10(16)18-12(14(2,3)4)19-11(9)20-15(5,6)13-17-7-8-21-13/h7-8H,1-6H3,(H,18,19,20). The van der Waals surface area contributed by atoms with E-state index >= 15 is 0 Å². The van der Waals surface area contributed by atoms with Crippen molar-refractivity contribution in [3.8, 4) is 0 Å². The van der Waals surface area contributed by atoms with Crippen LogP contribution in [0.4, 0.5) is 5.82 Å². The van der Waals surface area contributed by atoms with E-state index in [1.54, 1.807) is 11.3 Å². The maximum atomic E-state index is 6.27. The lowest BCUT2D eigenvalue weighted by atomic mass is 9.95. The van der Waals surface area contributed by atoms with Gasteiger partial charge < -0.3 is 5.32 Å².